The van der Waals surface area contributed by atoms with Crippen LogP contribution < -0.4 is 5.73 Å². The predicted octanol–water partition coefficient (Wildman–Crippen LogP) is 2.30. The highest BCUT2D eigenvalue weighted by atomic mass is 28.3. The molecule has 0 bridgehead atoms. The Kier molecular flexibility index (Phi) is 5.84. The molecule has 0 aliphatic carbocycles. The average Bonchev–Trinajstić information content (AvgIpc) is 2.27. The number of hydrogen-bond donors (Lipinski definition) is 1. The number of benzene rings is 1. The lowest BCUT2D eigenvalue weighted by molar-refractivity contribution is 0.123. The summed E-state index contributed by atoms with van der Waals surface area (Å²) in [5, 5.41) is 0. The Bertz CT molecular complexity index is 306. The van der Waals surface area contributed by atoms with Crippen LogP contribution in [0.4, 0.5) is 0 Å². The van der Waals surface area contributed by atoms with Gasteiger partial charge in [0.25, 0.3) is 0 Å². The van der Waals surface area contributed by atoms with Gasteiger partial charge < -0.3 is 14.6 Å². The first-order valence-electron chi connectivity index (χ1n) is 6.12. The zero-order valence-corrected chi connectivity index (χ0v) is 12.2. The minimum atomic E-state index is -1.89. The molecule has 0 aliphatic heterocycles. The number of nitrogens with two attached hydrogens (primary N) is 1. The van der Waals surface area contributed by atoms with Gasteiger partial charge in [0.2, 0.25) is 0 Å². The lowest BCUT2D eigenvalue weighted by atomic mass is 10.2. The van der Waals surface area contributed by atoms with Crippen LogP contribution in [0.3, 0.4) is 0 Å². The van der Waals surface area contributed by atoms with Crippen molar-refractivity contribution in [3.05, 3.63) is 35.9 Å². The normalized spacial score (nSPS) is 13.6. The van der Waals surface area contributed by atoms with Crippen molar-refractivity contribution in [3.8, 4) is 0 Å². The summed E-state index contributed by atoms with van der Waals surface area (Å²) in [6, 6.07) is 10.0. The molecule has 1 aromatic carbocycles. The van der Waals surface area contributed by atoms with Crippen LogP contribution in [0.2, 0.25) is 0 Å². The maximum Gasteiger partial charge on any atom is 0.343 e. The van der Waals surface area contributed by atoms with E-state index in [4.69, 9.17) is 14.6 Å². The van der Waals surface area contributed by atoms with Crippen molar-refractivity contribution in [3.63, 3.8) is 0 Å². The summed E-state index contributed by atoms with van der Waals surface area (Å²) in [6.45, 7) is 8.06. The maximum absolute atomic E-state index is 6.25. The third kappa shape index (κ3) is 5.00. The lowest BCUT2D eigenvalue weighted by Crippen LogP contribution is -2.40. The molecule has 1 atom stereocenters. The van der Waals surface area contributed by atoms with Crippen molar-refractivity contribution in [2.75, 3.05) is 0 Å². The van der Waals surface area contributed by atoms with E-state index >= 15 is 0 Å². The molecule has 0 fully saturated rings. The number of hydrogen-bond acceptors (Lipinski definition) is 3. The van der Waals surface area contributed by atoms with E-state index < -0.39 is 9.28 Å². The third-order valence-electron chi connectivity index (χ3n) is 2.29. The van der Waals surface area contributed by atoms with Crippen molar-refractivity contribution in [1.82, 2.24) is 0 Å². The van der Waals surface area contributed by atoms with Crippen LogP contribution in [0.5, 0.6) is 0 Å². The molecule has 1 aromatic rings. The van der Waals surface area contributed by atoms with Crippen LogP contribution >= 0.6 is 0 Å². The Balaban J connectivity index is 2.75. The molecule has 4 heteroatoms. The molecule has 0 aliphatic rings. The highest BCUT2D eigenvalue weighted by molar-refractivity contribution is 6.46. The third-order valence-corrected chi connectivity index (χ3v) is 4.89. The van der Waals surface area contributed by atoms with Gasteiger partial charge in [0.05, 0.1) is 5.67 Å². The molecule has 0 saturated carbocycles. The van der Waals surface area contributed by atoms with Crippen LogP contribution in [0, 0.1) is 0 Å². The molecule has 3 nitrogen and oxygen atoms in total. The zero-order chi connectivity index (χ0) is 12.8. The SMILES string of the molecule is CC(C)O[SiH](OC(C)C)C(N)c1ccccc1. The summed E-state index contributed by atoms with van der Waals surface area (Å²) >= 11 is 0. The summed E-state index contributed by atoms with van der Waals surface area (Å²) in [7, 11) is -1.89. The summed E-state index contributed by atoms with van der Waals surface area (Å²) in [5.74, 6) is 0. The van der Waals surface area contributed by atoms with E-state index in [1.165, 1.54) is 0 Å². The molecule has 2 N–H and O–H groups in total. The van der Waals surface area contributed by atoms with Crippen molar-refractivity contribution in [1.29, 1.82) is 0 Å². The summed E-state index contributed by atoms with van der Waals surface area (Å²) in [5.41, 5.74) is 7.21. The van der Waals surface area contributed by atoms with Crippen LogP contribution in [-0.2, 0) is 8.85 Å². The second-order valence-electron chi connectivity index (χ2n) is 4.67. The molecule has 1 rings (SSSR count). The fourth-order valence-electron chi connectivity index (χ4n) is 1.57. The maximum atomic E-state index is 6.25. The van der Waals surface area contributed by atoms with E-state index in [0.717, 1.165) is 5.56 Å². The van der Waals surface area contributed by atoms with Crippen molar-refractivity contribution < 1.29 is 8.85 Å². The fraction of sp³-hybridized carbons (Fsp3) is 0.538. The summed E-state index contributed by atoms with van der Waals surface area (Å²) < 4.78 is 11.7. The molecule has 0 spiro atoms. The predicted molar refractivity (Wildman–Crippen MR) is 73.0 cm³/mol. The zero-order valence-electron chi connectivity index (χ0n) is 11.1. The van der Waals surface area contributed by atoms with E-state index in [1.807, 2.05) is 58.0 Å². The van der Waals surface area contributed by atoms with Crippen LogP contribution in [0.15, 0.2) is 30.3 Å². The van der Waals surface area contributed by atoms with Gasteiger partial charge in [-0.05, 0) is 33.3 Å². The largest absolute Gasteiger partial charge is 0.393 e. The van der Waals surface area contributed by atoms with Gasteiger partial charge in [0.1, 0.15) is 0 Å². The van der Waals surface area contributed by atoms with Gasteiger partial charge in [-0.25, -0.2) is 0 Å². The quantitative estimate of drug-likeness (QED) is 0.791. The standard InChI is InChI=1S/C13H23NO2Si/c1-10(2)15-17(16-11(3)4)13(14)12-8-6-5-7-9-12/h5-11,13,17H,14H2,1-4H3. The van der Waals surface area contributed by atoms with Gasteiger partial charge in [-0.1, -0.05) is 30.3 Å². The van der Waals surface area contributed by atoms with Crippen molar-refractivity contribution in [2.24, 2.45) is 5.73 Å². The first-order valence-corrected chi connectivity index (χ1v) is 7.73. The Morgan fingerprint density at radius 2 is 1.41 bits per heavy atom. The molecule has 0 radical (unpaired) electrons. The topological polar surface area (TPSA) is 44.5 Å². The van der Waals surface area contributed by atoms with E-state index in [2.05, 4.69) is 0 Å². The Morgan fingerprint density at radius 3 is 1.82 bits per heavy atom. The van der Waals surface area contributed by atoms with Crippen molar-refractivity contribution >= 4 is 9.28 Å². The van der Waals surface area contributed by atoms with E-state index in [0.29, 0.717) is 0 Å². The average molecular weight is 253 g/mol. The highest BCUT2D eigenvalue weighted by Crippen LogP contribution is 2.17. The van der Waals surface area contributed by atoms with Gasteiger partial charge in [0, 0.05) is 12.2 Å². The minimum absolute atomic E-state index is 0.124. The Morgan fingerprint density at radius 1 is 0.941 bits per heavy atom. The van der Waals surface area contributed by atoms with E-state index in [-0.39, 0.29) is 17.9 Å². The van der Waals surface area contributed by atoms with Crippen LogP contribution in [-0.4, -0.2) is 21.5 Å². The monoisotopic (exact) mass is 253 g/mol. The lowest BCUT2D eigenvalue weighted by Gasteiger charge is -2.26. The van der Waals surface area contributed by atoms with Gasteiger partial charge in [-0.2, -0.15) is 0 Å². The molecular formula is C13H23NO2Si. The molecule has 0 heterocycles. The van der Waals surface area contributed by atoms with E-state index in [9.17, 15) is 0 Å². The van der Waals surface area contributed by atoms with Gasteiger partial charge in [-0.3, -0.25) is 0 Å². The van der Waals surface area contributed by atoms with E-state index in [1.54, 1.807) is 0 Å². The van der Waals surface area contributed by atoms with Crippen LogP contribution in [0.25, 0.3) is 0 Å². The smallest absolute Gasteiger partial charge is 0.343 e. The molecule has 1 unspecified atom stereocenters. The first kappa shape index (κ1) is 14.4. The Labute approximate surface area is 106 Å². The number of rotatable bonds is 6. The Hall–Kier alpha value is -0.683. The minimum Gasteiger partial charge on any atom is -0.393 e. The van der Waals surface area contributed by atoms with Crippen LogP contribution in [0.1, 0.15) is 38.9 Å². The molecule has 96 valence electrons. The molecule has 0 aromatic heterocycles. The molecule has 0 amide bonds. The molecular weight excluding hydrogens is 230 g/mol. The first-order chi connectivity index (χ1) is 8.00. The summed E-state index contributed by atoms with van der Waals surface area (Å²) in [4.78, 5) is 0. The van der Waals surface area contributed by atoms with Crippen molar-refractivity contribution in [2.45, 2.75) is 45.6 Å². The van der Waals surface area contributed by atoms with Gasteiger partial charge >= 0.3 is 9.28 Å². The summed E-state index contributed by atoms with van der Waals surface area (Å²) in [6.07, 6.45) is 0.306. The second kappa shape index (κ2) is 6.91. The van der Waals surface area contributed by atoms with Gasteiger partial charge in [-0.15, -0.1) is 0 Å². The highest BCUT2D eigenvalue weighted by Gasteiger charge is 2.26. The molecule has 0 saturated heterocycles. The van der Waals surface area contributed by atoms with Gasteiger partial charge in [0.15, 0.2) is 0 Å². The fourth-order valence-corrected chi connectivity index (χ4v) is 3.58. The second-order valence-corrected chi connectivity index (χ2v) is 6.67. The molecule has 17 heavy (non-hydrogen) atoms.